The van der Waals surface area contributed by atoms with E-state index in [0.717, 1.165) is 0 Å². The number of carbonyl (C=O) groups is 1. The summed E-state index contributed by atoms with van der Waals surface area (Å²) in [6.45, 7) is 0. The van der Waals surface area contributed by atoms with Crippen LogP contribution in [0.25, 0.3) is 0 Å². The minimum absolute atomic E-state index is 0.0635. The van der Waals surface area contributed by atoms with Crippen molar-refractivity contribution in [3.63, 3.8) is 0 Å². The van der Waals surface area contributed by atoms with Crippen LogP contribution in [0.3, 0.4) is 0 Å². The highest BCUT2D eigenvalue weighted by atomic mass is 16.6. The number of benzene rings is 1. The van der Waals surface area contributed by atoms with Crippen LogP contribution in [0.2, 0.25) is 0 Å². The summed E-state index contributed by atoms with van der Waals surface area (Å²) in [4.78, 5) is 15.2. The molecule has 5 nitrogen and oxygen atoms in total. The van der Waals surface area contributed by atoms with Crippen molar-refractivity contribution >= 4 is 17.3 Å². The van der Waals surface area contributed by atoms with Gasteiger partial charge in [0, 0.05) is 5.69 Å². The van der Waals surface area contributed by atoms with Gasteiger partial charge in [0.2, 0.25) is 0 Å². The average Bonchev–Trinajstić information content (AvgIpc) is 2.09. The Balaban J connectivity index is 2.95. The van der Waals surface area contributed by atoms with Crippen LogP contribution < -0.4 is 11.2 Å². The number of hydrogen-bond donors (Lipinski definition) is 3. The summed E-state index contributed by atoms with van der Waals surface area (Å²) in [7, 11) is 1.45. The van der Waals surface area contributed by atoms with Gasteiger partial charge in [0.25, 0.3) is 0 Å². The Hall–Kier alpha value is -1.75. The van der Waals surface area contributed by atoms with Crippen molar-refractivity contribution in [2.45, 2.75) is 6.42 Å². The molecular formula is C9H12N2O3. The van der Waals surface area contributed by atoms with Crippen molar-refractivity contribution < 1.29 is 14.7 Å². The molecule has 0 aliphatic carbocycles. The van der Waals surface area contributed by atoms with Crippen molar-refractivity contribution in [3.05, 3.63) is 23.8 Å². The lowest BCUT2D eigenvalue weighted by Gasteiger charge is -2.09. The SMILES string of the molecule is CONc1cc(N)ccc1CC(=O)O. The fourth-order valence-corrected chi connectivity index (χ4v) is 1.12. The topological polar surface area (TPSA) is 84.6 Å². The van der Waals surface area contributed by atoms with Gasteiger partial charge < -0.3 is 10.8 Å². The zero-order valence-corrected chi connectivity index (χ0v) is 7.78. The number of nitrogens with two attached hydrogens (primary N) is 1. The molecule has 0 saturated heterocycles. The number of aliphatic carboxylic acids is 1. The molecule has 0 heterocycles. The minimum Gasteiger partial charge on any atom is -0.481 e. The summed E-state index contributed by atoms with van der Waals surface area (Å²) in [6, 6.07) is 4.94. The van der Waals surface area contributed by atoms with E-state index in [-0.39, 0.29) is 6.42 Å². The van der Waals surface area contributed by atoms with Crippen molar-refractivity contribution in [2.24, 2.45) is 0 Å². The molecule has 0 fully saturated rings. The third kappa shape index (κ3) is 2.63. The highest BCUT2D eigenvalue weighted by Crippen LogP contribution is 2.19. The molecule has 0 atom stereocenters. The van der Waals surface area contributed by atoms with E-state index in [4.69, 9.17) is 15.7 Å². The van der Waals surface area contributed by atoms with E-state index in [1.165, 1.54) is 7.11 Å². The fourth-order valence-electron chi connectivity index (χ4n) is 1.12. The zero-order valence-electron chi connectivity index (χ0n) is 7.78. The van der Waals surface area contributed by atoms with E-state index in [1.807, 2.05) is 0 Å². The van der Waals surface area contributed by atoms with E-state index in [1.54, 1.807) is 18.2 Å². The first-order valence-corrected chi connectivity index (χ1v) is 4.02. The van der Waals surface area contributed by atoms with Gasteiger partial charge in [0.05, 0.1) is 19.2 Å². The van der Waals surface area contributed by atoms with Crippen LogP contribution in [-0.4, -0.2) is 18.2 Å². The maximum Gasteiger partial charge on any atom is 0.307 e. The van der Waals surface area contributed by atoms with Crippen LogP contribution in [0.15, 0.2) is 18.2 Å². The van der Waals surface area contributed by atoms with Crippen LogP contribution in [0.1, 0.15) is 5.56 Å². The van der Waals surface area contributed by atoms with Gasteiger partial charge in [-0.25, -0.2) is 0 Å². The average molecular weight is 196 g/mol. The number of anilines is 2. The summed E-state index contributed by atoms with van der Waals surface area (Å²) in [6.07, 6.45) is -0.0635. The molecule has 1 rings (SSSR count). The first-order valence-electron chi connectivity index (χ1n) is 4.02. The highest BCUT2D eigenvalue weighted by molar-refractivity contribution is 5.74. The minimum atomic E-state index is -0.895. The Bertz CT molecular complexity index is 339. The molecule has 14 heavy (non-hydrogen) atoms. The first-order chi connectivity index (χ1) is 6.63. The van der Waals surface area contributed by atoms with Gasteiger partial charge in [-0.3, -0.25) is 15.1 Å². The van der Waals surface area contributed by atoms with Crippen LogP contribution in [0.4, 0.5) is 11.4 Å². The first kappa shape index (κ1) is 10.3. The molecule has 76 valence electrons. The van der Waals surface area contributed by atoms with Crippen LogP contribution in [0, 0.1) is 0 Å². The van der Waals surface area contributed by atoms with Crippen molar-refractivity contribution in [2.75, 3.05) is 18.3 Å². The summed E-state index contributed by atoms with van der Waals surface area (Å²) in [5.74, 6) is -0.895. The summed E-state index contributed by atoms with van der Waals surface area (Å²) < 4.78 is 0. The van der Waals surface area contributed by atoms with Gasteiger partial charge in [0.15, 0.2) is 0 Å². The lowest BCUT2D eigenvalue weighted by Crippen LogP contribution is -2.06. The number of nitrogen functional groups attached to an aromatic ring is 1. The van der Waals surface area contributed by atoms with Gasteiger partial charge in [-0.05, 0) is 17.7 Å². The molecule has 1 aromatic carbocycles. The van der Waals surface area contributed by atoms with Crippen LogP contribution in [0.5, 0.6) is 0 Å². The summed E-state index contributed by atoms with van der Waals surface area (Å²) in [5.41, 5.74) is 9.89. The third-order valence-corrected chi connectivity index (χ3v) is 1.69. The van der Waals surface area contributed by atoms with Gasteiger partial charge in [-0.15, -0.1) is 0 Å². The quantitative estimate of drug-likeness (QED) is 0.491. The normalized spacial score (nSPS) is 9.79. The second kappa shape index (κ2) is 4.48. The fraction of sp³-hybridized carbons (Fsp3) is 0.222. The molecule has 0 saturated carbocycles. The monoisotopic (exact) mass is 196 g/mol. The molecular weight excluding hydrogens is 184 g/mol. The maximum absolute atomic E-state index is 10.5. The van der Waals surface area contributed by atoms with Crippen LogP contribution in [-0.2, 0) is 16.1 Å². The van der Waals surface area contributed by atoms with Gasteiger partial charge in [-0.1, -0.05) is 6.07 Å². The molecule has 0 radical (unpaired) electrons. The van der Waals surface area contributed by atoms with Gasteiger partial charge in [-0.2, -0.15) is 0 Å². The number of nitrogens with one attached hydrogen (secondary N) is 1. The second-order valence-corrected chi connectivity index (χ2v) is 2.79. The second-order valence-electron chi connectivity index (χ2n) is 2.79. The summed E-state index contributed by atoms with van der Waals surface area (Å²) >= 11 is 0. The Morgan fingerprint density at radius 3 is 2.93 bits per heavy atom. The molecule has 0 spiro atoms. The van der Waals surface area contributed by atoms with Crippen molar-refractivity contribution in [1.82, 2.24) is 0 Å². The molecule has 4 N–H and O–H groups in total. The number of hydrogen-bond acceptors (Lipinski definition) is 4. The summed E-state index contributed by atoms with van der Waals surface area (Å²) in [5, 5.41) is 8.63. The van der Waals surface area contributed by atoms with Crippen molar-refractivity contribution in [1.29, 1.82) is 0 Å². The number of carboxylic acid groups (broad SMARTS) is 1. The number of carboxylic acids is 1. The van der Waals surface area contributed by atoms with E-state index in [9.17, 15) is 4.79 Å². The van der Waals surface area contributed by atoms with E-state index >= 15 is 0 Å². The Morgan fingerprint density at radius 1 is 1.64 bits per heavy atom. The molecule has 0 amide bonds. The van der Waals surface area contributed by atoms with E-state index in [2.05, 4.69) is 5.48 Å². The molecule has 0 unspecified atom stereocenters. The lowest BCUT2D eigenvalue weighted by atomic mass is 10.1. The van der Waals surface area contributed by atoms with Crippen molar-refractivity contribution in [3.8, 4) is 0 Å². The number of rotatable bonds is 4. The van der Waals surface area contributed by atoms with Crippen LogP contribution >= 0.6 is 0 Å². The molecule has 0 bridgehead atoms. The van der Waals surface area contributed by atoms with Gasteiger partial charge >= 0.3 is 5.97 Å². The Labute approximate surface area is 81.4 Å². The highest BCUT2D eigenvalue weighted by Gasteiger charge is 2.06. The molecule has 1 aromatic rings. The predicted octanol–water partition coefficient (Wildman–Crippen LogP) is 0.869. The largest absolute Gasteiger partial charge is 0.481 e. The standard InChI is InChI=1S/C9H12N2O3/c1-14-11-8-5-7(10)3-2-6(8)4-9(12)13/h2-3,5,11H,4,10H2,1H3,(H,12,13). The third-order valence-electron chi connectivity index (χ3n) is 1.69. The Morgan fingerprint density at radius 2 is 2.36 bits per heavy atom. The molecule has 5 heteroatoms. The van der Waals surface area contributed by atoms with E-state index < -0.39 is 5.97 Å². The predicted molar refractivity (Wildman–Crippen MR) is 52.8 cm³/mol. The zero-order chi connectivity index (χ0) is 10.6. The molecule has 0 aliphatic heterocycles. The Kier molecular flexibility index (Phi) is 3.30. The smallest absolute Gasteiger partial charge is 0.307 e. The molecule has 0 aliphatic rings. The lowest BCUT2D eigenvalue weighted by molar-refractivity contribution is -0.136. The van der Waals surface area contributed by atoms with E-state index in [0.29, 0.717) is 16.9 Å². The molecule has 0 aromatic heterocycles. The maximum atomic E-state index is 10.5. The van der Waals surface area contributed by atoms with Gasteiger partial charge in [0.1, 0.15) is 0 Å².